The Morgan fingerprint density at radius 1 is 1.50 bits per heavy atom. The van der Waals surface area contributed by atoms with Crippen LogP contribution in [0.25, 0.3) is 0 Å². The van der Waals surface area contributed by atoms with Crippen molar-refractivity contribution in [1.29, 1.82) is 0 Å². The fourth-order valence-electron chi connectivity index (χ4n) is 1.72. The molecule has 0 atom stereocenters. The maximum atomic E-state index is 11.4. The molecule has 0 aromatic carbocycles. The molecule has 1 fully saturated rings. The number of hydrogen-bond donors (Lipinski definition) is 1. The summed E-state index contributed by atoms with van der Waals surface area (Å²) < 4.78 is 0. The Labute approximate surface area is 90.6 Å². The van der Waals surface area contributed by atoms with E-state index in [1.54, 1.807) is 0 Å². The highest BCUT2D eigenvalue weighted by Crippen LogP contribution is 2.31. The van der Waals surface area contributed by atoms with Crippen LogP contribution in [-0.2, 0) is 4.79 Å². The van der Waals surface area contributed by atoms with Gasteiger partial charge in [-0.05, 0) is 12.8 Å². The van der Waals surface area contributed by atoms with E-state index in [4.69, 9.17) is 18.0 Å². The van der Waals surface area contributed by atoms with E-state index < -0.39 is 0 Å². The van der Waals surface area contributed by atoms with Gasteiger partial charge in [-0.3, -0.25) is 4.79 Å². The van der Waals surface area contributed by atoms with Crippen LogP contribution in [0.15, 0.2) is 0 Å². The fourth-order valence-corrected chi connectivity index (χ4v) is 1.92. The van der Waals surface area contributed by atoms with Crippen molar-refractivity contribution in [2.24, 2.45) is 11.1 Å². The van der Waals surface area contributed by atoms with Gasteiger partial charge >= 0.3 is 0 Å². The number of rotatable bonds is 2. The maximum absolute atomic E-state index is 11.4. The van der Waals surface area contributed by atoms with Crippen molar-refractivity contribution in [3.8, 4) is 0 Å². The second-order valence-corrected chi connectivity index (χ2v) is 4.60. The molecule has 0 aromatic rings. The molecule has 0 aliphatic carbocycles. The van der Waals surface area contributed by atoms with Crippen LogP contribution in [-0.4, -0.2) is 28.9 Å². The van der Waals surface area contributed by atoms with Crippen molar-refractivity contribution >= 4 is 23.1 Å². The lowest BCUT2D eigenvalue weighted by Crippen LogP contribution is -2.46. The Morgan fingerprint density at radius 3 is 2.36 bits per heavy atom. The van der Waals surface area contributed by atoms with Gasteiger partial charge in [0.1, 0.15) is 0 Å². The number of hydrogen-bond acceptors (Lipinski definition) is 2. The number of carbonyl (C=O) groups is 1. The maximum Gasteiger partial charge on any atom is 0.222 e. The SMILES string of the molecule is CCC(=O)N1CCC(C)(C(N)=S)CC1. The van der Waals surface area contributed by atoms with Crippen molar-refractivity contribution < 1.29 is 4.79 Å². The van der Waals surface area contributed by atoms with Gasteiger partial charge in [-0.1, -0.05) is 26.1 Å². The summed E-state index contributed by atoms with van der Waals surface area (Å²) in [4.78, 5) is 13.9. The van der Waals surface area contributed by atoms with Gasteiger partial charge in [-0.2, -0.15) is 0 Å². The van der Waals surface area contributed by atoms with E-state index in [0.717, 1.165) is 25.9 Å². The molecule has 0 spiro atoms. The summed E-state index contributed by atoms with van der Waals surface area (Å²) in [7, 11) is 0. The standard InChI is InChI=1S/C10H18N2OS/c1-3-8(13)12-6-4-10(2,5-7-12)9(11)14/h3-7H2,1-2H3,(H2,11,14). The lowest BCUT2D eigenvalue weighted by molar-refractivity contribution is -0.132. The van der Waals surface area contributed by atoms with Crippen LogP contribution in [0.3, 0.4) is 0 Å². The first-order chi connectivity index (χ1) is 6.49. The number of amides is 1. The predicted octanol–water partition coefficient (Wildman–Crippen LogP) is 1.31. The summed E-state index contributed by atoms with van der Waals surface area (Å²) in [5, 5.41) is 0. The molecular weight excluding hydrogens is 196 g/mol. The molecule has 1 amide bonds. The molecule has 1 aliphatic heterocycles. The van der Waals surface area contributed by atoms with Gasteiger partial charge in [-0.15, -0.1) is 0 Å². The first kappa shape index (κ1) is 11.4. The van der Waals surface area contributed by atoms with Crippen molar-refractivity contribution in [2.75, 3.05) is 13.1 Å². The normalized spacial score (nSPS) is 20.6. The van der Waals surface area contributed by atoms with Crippen molar-refractivity contribution in [3.63, 3.8) is 0 Å². The minimum absolute atomic E-state index is 0.0418. The molecule has 1 aliphatic rings. The number of nitrogens with two attached hydrogens (primary N) is 1. The smallest absolute Gasteiger partial charge is 0.222 e. The summed E-state index contributed by atoms with van der Waals surface area (Å²) in [6, 6.07) is 0. The van der Waals surface area contributed by atoms with Crippen LogP contribution in [0, 0.1) is 5.41 Å². The third-order valence-corrected chi connectivity index (χ3v) is 3.61. The zero-order valence-electron chi connectivity index (χ0n) is 8.88. The predicted molar refractivity (Wildman–Crippen MR) is 61.0 cm³/mol. The molecule has 14 heavy (non-hydrogen) atoms. The van der Waals surface area contributed by atoms with Gasteiger partial charge in [0.05, 0.1) is 4.99 Å². The number of piperidine rings is 1. The average molecular weight is 214 g/mol. The zero-order chi connectivity index (χ0) is 10.8. The van der Waals surface area contributed by atoms with E-state index in [9.17, 15) is 4.79 Å². The van der Waals surface area contributed by atoms with Crippen LogP contribution in [0.1, 0.15) is 33.1 Å². The van der Waals surface area contributed by atoms with Gasteiger partial charge in [-0.25, -0.2) is 0 Å². The molecule has 4 heteroatoms. The lowest BCUT2D eigenvalue weighted by Gasteiger charge is -2.38. The zero-order valence-corrected chi connectivity index (χ0v) is 9.69. The van der Waals surface area contributed by atoms with Crippen LogP contribution < -0.4 is 5.73 Å². The van der Waals surface area contributed by atoms with E-state index in [0.29, 0.717) is 11.4 Å². The van der Waals surface area contributed by atoms with E-state index >= 15 is 0 Å². The molecule has 3 nitrogen and oxygen atoms in total. The second-order valence-electron chi connectivity index (χ2n) is 4.16. The van der Waals surface area contributed by atoms with E-state index in [1.165, 1.54) is 0 Å². The highest BCUT2D eigenvalue weighted by Gasteiger charge is 2.33. The number of carbonyl (C=O) groups excluding carboxylic acids is 1. The van der Waals surface area contributed by atoms with Crippen LogP contribution in [0.4, 0.5) is 0 Å². The number of nitrogens with zero attached hydrogens (tertiary/aromatic N) is 1. The van der Waals surface area contributed by atoms with Gasteiger partial charge in [0.15, 0.2) is 0 Å². The van der Waals surface area contributed by atoms with Crippen molar-refractivity contribution in [3.05, 3.63) is 0 Å². The molecular formula is C10H18N2OS. The number of likely N-dealkylation sites (tertiary alicyclic amines) is 1. The molecule has 0 unspecified atom stereocenters. The van der Waals surface area contributed by atoms with Crippen LogP contribution in [0.2, 0.25) is 0 Å². The molecule has 1 saturated heterocycles. The van der Waals surface area contributed by atoms with Gasteiger partial charge in [0.25, 0.3) is 0 Å². The summed E-state index contributed by atoms with van der Waals surface area (Å²) in [6.07, 6.45) is 2.38. The van der Waals surface area contributed by atoms with Crippen LogP contribution in [0.5, 0.6) is 0 Å². The number of thiocarbonyl (C=S) groups is 1. The summed E-state index contributed by atoms with van der Waals surface area (Å²) in [5.41, 5.74) is 5.64. The molecule has 0 aromatic heterocycles. The molecule has 0 saturated carbocycles. The van der Waals surface area contributed by atoms with Gasteiger partial charge in [0, 0.05) is 24.9 Å². The summed E-state index contributed by atoms with van der Waals surface area (Å²) >= 11 is 5.04. The third kappa shape index (κ3) is 2.23. The molecule has 2 N–H and O–H groups in total. The monoisotopic (exact) mass is 214 g/mol. The van der Waals surface area contributed by atoms with E-state index in [1.807, 2.05) is 11.8 Å². The quantitative estimate of drug-likeness (QED) is 0.705. The average Bonchev–Trinajstić information content (AvgIpc) is 2.17. The molecule has 0 radical (unpaired) electrons. The van der Waals surface area contributed by atoms with E-state index in [-0.39, 0.29) is 11.3 Å². The van der Waals surface area contributed by atoms with E-state index in [2.05, 4.69) is 6.92 Å². The largest absolute Gasteiger partial charge is 0.393 e. The van der Waals surface area contributed by atoms with Gasteiger partial charge < -0.3 is 10.6 Å². The Bertz CT molecular complexity index is 245. The highest BCUT2D eigenvalue weighted by molar-refractivity contribution is 7.80. The van der Waals surface area contributed by atoms with Gasteiger partial charge in [0.2, 0.25) is 5.91 Å². The second kappa shape index (κ2) is 4.26. The highest BCUT2D eigenvalue weighted by atomic mass is 32.1. The molecule has 1 heterocycles. The first-order valence-electron chi connectivity index (χ1n) is 5.07. The Balaban J connectivity index is 2.54. The molecule has 0 bridgehead atoms. The summed E-state index contributed by atoms with van der Waals surface area (Å²) in [5.74, 6) is 0.231. The Kier molecular flexibility index (Phi) is 3.48. The lowest BCUT2D eigenvalue weighted by atomic mass is 9.80. The fraction of sp³-hybridized carbons (Fsp3) is 0.800. The third-order valence-electron chi connectivity index (χ3n) is 3.12. The molecule has 1 rings (SSSR count). The van der Waals surface area contributed by atoms with Crippen LogP contribution >= 0.6 is 12.2 Å². The summed E-state index contributed by atoms with van der Waals surface area (Å²) in [6.45, 7) is 5.56. The Hall–Kier alpha value is -0.640. The van der Waals surface area contributed by atoms with Crippen molar-refractivity contribution in [1.82, 2.24) is 4.90 Å². The molecule has 80 valence electrons. The topological polar surface area (TPSA) is 46.3 Å². The minimum Gasteiger partial charge on any atom is -0.393 e. The first-order valence-corrected chi connectivity index (χ1v) is 5.48. The van der Waals surface area contributed by atoms with Crippen molar-refractivity contribution in [2.45, 2.75) is 33.1 Å². The Morgan fingerprint density at radius 2 is 2.00 bits per heavy atom. The minimum atomic E-state index is -0.0418.